The smallest absolute Gasteiger partial charge is 0.344 e. The SMILES string of the molecule is CCOc1ccccc1OCC(=O)OCC(=O)Nc1ccc(OC)cc1OC. The molecule has 0 radical (unpaired) electrons. The van der Waals surface area contributed by atoms with Crippen molar-refractivity contribution < 1.29 is 33.3 Å². The molecule has 0 unspecified atom stereocenters. The molecule has 0 atom stereocenters. The molecule has 0 saturated heterocycles. The highest BCUT2D eigenvalue weighted by molar-refractivity contribution is 5.94. The molecular weight excluding hydrogens is 366 g/mol. The van der Waals surface area contributed by atoms with E-state index in [1.165, 1.54) is 14.2 Å². The fourth-order valence-corrected chi connectivity index (χ4v) is 2.26. The Kier molecular flexibility index (Phi) is 7.95. The molecule has 150 valence electrons. The predicted octanol–water partition coefficient (Wildman–Crippen LogP) is 2.66. The summed E-state index contributed by atoms with van der Waals surface area (Å²) in [5.74, 6) is 0.784. The topological polar surface area (TPSA) is 92.3 Å². The first-order valence-electron chi connectivity index (χ1n) is 8.59. The van der Waals surface area contributed by atoms with Gasteiger partial charge in [-0.25, -0.2) is 4.79 Å². The van der Waals surface area contributed by atoms with Crippen molar-refractivity contribution in [1.82, 2.24) is 0 Å². The molecule has 1 N–H and O–H groups in total. The summed E-state index contributed by atoms with van der Waals surface area (Å²) in [6.45, 7) is 1.52. The molecule has 0 aliphatic rings. The second-order valence-electron chi connectivity index (χ2n) is 5.44. The van der Waals surface area contributed by atoms with Gasteiger partial charge in [-0.15, -0.1) is 0 Å². The first kappa shape index (κ1) is 20.9. The van der Waals surface area contributed by atoms with Gasteiger partial charge in [0, 0.05) is 6.07 Å². The Hall–Kier alpha value is -3.42. The highest BCUT2D eigenvalue weighted by atomic mass is 16.6. The molecule has 28 heavy (non-hydrogen) atoms. The number of carbonyl (C=O) groups is 2. The molecule has 0 bridgehead atoms. The van der Waals surface area contributed by atoms with E-state index in [0.29, 0.717) is 35.3 Å². The van der Waals surface area contributed by atoms with Crippen LogP contribution in [0.25, 0.3) is 0 Å². The van der Waals surface area contributed by atoms with Crippen LogP contribution >= 0.6 is 0 Å². The van der Waals surface area contributed by atoms with Gasteiger partial charge >= 0.3 is 5.97 Å². The number of carbonyl (C=O) groups excluding carboxylic acids is 2. The zero-order valence-corrected chi connectivity index (χ0v) is 16.0. The minimum Gasteiger partial charge on any atom is -0.497 e. The Balaban J connectivity index is 1.82. The number of hydrogen-bond donors (Lipinski definition) is 1. The third-order valence-corrected chi connectivity index (χ3v) is 3.54. The Labute approximate surface area is 163 Å². The quantitative estimate of drug-likeness (QED) is 0.625. The van der Waals surface area contributed by atoms with Crippen LogP contribution in [0.4, 0.5) is 5.69 Å². The lowest BCUT2D eigenvalue weighted by atomic mass is 10.2. The van der Waals surface area contributed by atoms with Crippen molar-refractivity contribution >= 4 is 17.6 Å². The fraction of sp³-hybridized carbons (Fsp3) is 0.300. The van der Waals surface area contributed by atoms with Crippen molar-refractivity contribution in [3.63, 3.8) is 0 Å². The maximum atomic E-state index is 12.0. The number of para-hydroxylation sites is 2. The van der Waals surface area contributed by atoms with Crippen molar-refractivity contribution in [3.8, 4) is 23.0 Å². The maximum absolute atomic E-state index is 12.0. The average Bonchev–Trinajstić information content (AvgIpc) is 2.72. The molecule has 0 heterocycles. The van der Waals surface area contributed by atoms with Gasteiger partial charge in [0.2, 0.25) is 0 Å². The summed E-state index contributed by atoms with van der Waals surface area (Å²) in [6.07, 6.45) is 0. The van der Waals surface area contributed by atoms with E-state index in [-0.39, 0.29) is 6.61 Å². The second kappa shape index (κ2) is 10.7. The minimum atomic E-state index is -0.678. The summed E-state index contributed by atoms with van der Waals surface area (Å²) in [6, 6.07) is 11.9. The van der Waals surface area contributed by atoms with Gasteiger partial charge in [-0.3, -0.25) is 4.79 Å². The second-order valence-corrected chi connectivity index (χ2v) is 5.44. The van der Waals surface area contributed by atoms with Gasteiger partial charge in [-0.1, -0.05) is 12.1 Å². The van der Waals surface area contributed by atoms with Crippen molar-refractivity contribution in [3.05, 3.63) is 42.5 Å². The number of nitrogens with one attached hydrogen (secondary N) is 1. The monoisotopic (exact) mass is 389 g/mol. The molecule has 1 amide bonds. The molecule has 0 spiro atoms. The molecule has 0 aromatic heterocycles. The van der Waals surface area contributed by atoms with Crippen LogP contribution in [-0.2, 0) is 14.3 Å². The standard InChI is InChI=1S/C20H23NO7/c1-4-26-16-7-5-6-8-17(16)27-13-20(23)28-12-19(22)21-15-10-9-14(24-2)11-18(15)25-3/h5-11H,4,12-13H2,1-3H3,(H,21,22). The van der Waals surface area contributed by atoms with E-state index in [9.17, 15) is 9.59 Å². The zero-order valence-electron chi connectivity index (χ0n) is 16.0. The van der Waals surface area contributed by atoms with Gasteiger partial charge in [0.1, 0.15) is 11.5 Å². The third-order valence-electron chi connectivity index (χ3n) is 3.54. The van der Waals surface area contributed by atoms with Crippen LogP contribution in [0, 0.1) is 0 Å². The van der Waals surface area contributed by atoms with Gasteiger partial charge in [0.25, 0.3) is 5.91 Å². The van der Waals surface area contributed by atoms with Crippen LogP contribution < -0.4 is 24.3 Å². The predicted molar refractivity (Wildman–Crippen MR) is 102 cm³/mol. The Bertz CT molecular complexity index is 807. The van der Waals surface area contributed by atoms with Crippen molar-refractivity contribution in [2.24, 2.45) is 0 Å². The first-order chi connectivity index (χ1) is 13.6. The Morgan fingerprint density at radius 1 is 0.893 bits per heavy atom. The molecule has 2 aromatic rings. The molecule has 8 nitrogen and oxygen atoms in total. The van der Waals surface area contributed by atoms with Crippen molar-refractivity contribution in [1.29, 1.82) is 0 Å². The van der Waals surface area contributed by atoms with Gasteiger partial charge in [-0.2, -0.15) is 0 Å². The Morgan fingerprint density at radius 2 is 1.61 bits per heavy atom. The summed E-state index contributed by atoms with van der Waals surface area (Å²) in [7, 11) is 3.00. The van der Waals surface area contributed by atoms with E-state index in [1.807, 2.05) is 6.92 Å². The normalized spacial score (nSPS) is 9.96. The van der Waals surface area contributed by atoms with E-state index in [0.717, 1.165) is 0 Å². The van der Waals surface area contributed by atoms with Crippen LogP contribution in [0.15, 0.2) is 42.5 Å². The number of amides is 1. The molecule has 0 aliphatic carbocycles. The maximum Gasteiger partial charge on any atom is 0.344 e. The van der Waals surface area contributed by atoms with Crippen LogP contribution in [0.1, 0.15) is 6.92 Å². The van der Waals surface area contributed by atoms with Crippen LogP contribution in [0.2, 0.25) is 0 Å². The number of benzene rings is 2. The Morgan fingerprint density at radius 3 is 2.25 bits per heavy atom. The van der Waals surface area contributed by atoms with E-state index in [2.05, 4.69) is 5.32 Å². The zero-order chi connectivity index (χ0) is 20.4. The lowest BCUT2D eigenvalue weighted by molar-refractivity contribution is -0.149. The molecule has 0 saturated carbocycles. The third kappa shape index (κ3) is 6.08. The molecule has 2 aromatic carbocycles. The highest BCUT2D eigenvalue weighted by Crippen LogP contribution is 2.29. The fourth-order valence-electron chi connectivity index (χ4n) is 2.26. The summed E-state index contributed by atoms with van der Waals surface area (Å²) in [5.41, 5.74) is 0.436. The molecule has 0 fully saturated rings. The van der Waals surface area contributed by atoms with Crippen molar-refractivity contribution in [2.45, 2.75) is 6.92 Å². The largest absolute Gasteiger partial charge is 0.497 e. The molecule has 2 rings (SSSR count). The minimum absolute atomic E-state index is 0.344. The number of rotatable bonds is 10. The summed E-state index contributed by atoms with van der Waals surface area (Å²) >= 11 is 0. The lowest BCUT2D eigenvalue weighted by Crippen LogP contribution is -2.24. The molecular formula is C20H23NO7. The van der Waals surface area contributed by atoms with Crippen LogP contribution in [-0.4, -0.2) is 45.9 Å². The summed E-state index contributed by atoms with van der Waals surface area (Å²) < 4.78 is 26.0. The van der Waals surface area contributed by atoms with E-state index in [4.69, 9.17) is 23.7 Å². The van der Waals surface area contributed by atoms with Gasteiger partial charge in [0.05, 0.1) is 26.5 Å². The van der Waals surface area contributed by atoms with E-state index >= 15 is 0 Å². The van der Waals surface area contributed by atoms with Gasteiger partial charge < -0.3 is 29.0 Å². The summed E-state index contributed by atoms with van der Waals surface area (Å²) in [5, 5.41) is 2.61. The average molecular weight is 389 g/mol. The van der Waals surface area contributed by atoms with Crippen LogP contribution in [0.5, 0.6) is 23.0 Å². The summed E-state index contributed by atoms with van der Waals surface area (Å²) in [4.78, 5) is 23.9. The van der Waals surface area contributed by atoms with E-state index < -0.39 is 18.5 Å². The van der Waals surface area contributed by atoms with E-state index in [1.54, 1.807) is 42.5 Å². The highest BCUT2D eigenvalue weighted by Gasteiger charge is 2.13. The van der Waals surface area contributed by atoms with Gasteiger partial charge in [-0.05, 0) is 31.2 Å². The number of anilines is 1. The number of esters is 1. The number of methoxy groups -OCH3 is 2. The first-order valence-corrected chi connectivity index (χ1v) is 8.59. The number of hydrogen-bond acceptors (Lipinski definition) is 7. The molecule has 8 heteroatoms. The number of ether oxygens (including phenoxy) is 5. The van der Waals surface area contributed by atoms with Gasteiger partial charge in [0.15, 0.2) is 24.7 Å². The molecule has 0 aliphatic heterocycles. The lowest BCUT2D eigenvalue weighted by Gasteiger charge is -2.12. The van der Waals surface area contributed by atoms with Crippen molar-refractivity contribution in [2.75, 3.05) is 39.4 Å². The van der Waals surface area contributed by atoms with Crippen LogP contribution in [0.3, 0.4) is 0 Å².